The normalized spacial score (nSPS) is 14.6. The Morgan fingerprint density at radius 2 is 2.00 bits per heavy atom. The molecule has 0 bridgehead atoms. The average Bonchev–Trinajstić information content (AvgIpc) is 1.67. The van der Waals surface area contributed by atoms with E-state index in [2.05, 4.69) is 13.8 Å². The monoisotopic (exact) mass is 170 g/mol. The summed E-state index contributed by atoms with van der Waals surface area (Å²) in [5.74, 6) is 0.735. The van der Waals surface area contributed by atoms with Crippen LogP contribution in [0.4, 0.5) is 0 Å². The van der Waals surface area contributed by atoms with Crippen molar-refractivity contribution in [2.75, 3.05) is 5.88 Å². The molecule has 0 fully saturated rings. The summed E-state index contributed by atoms with van der Waals surface area (Å²) in [7, 11) is -0.935. The predicted octanol–water partition coefficient (Wildman–Crippen LogP) is 2.60. The molecule has 0 aromatic carbocycles. The van der Waals surface area contributed by atoms with Crippen molar-refractivity contribution in [3.63, 3.8) is 0 Å². The first kappa shape index (κ1) is 8.80. The molecule has 0 radical (unpaired) electrons. The highest BCUT2D eigenvalue weighted by atomic mass is 35.6. The molecular formula is C5H12Cl2Si. The van der Waals surface area contributed by atoms with Crippen molar-refractivity contribution in [1.29, 1.82) is 0 Å². The topological polar surface area (TPSA) is 0 Å². The highest BCUT2D eigenvalue weighted by molar-refractivity contribution is 7.07. The van der Waals surface area contributed by atoms with Gasteiger partial charge in [-0.05, 0) is 11.6 Å². The number of hydrogen-bond donors (Lipinski definition) is 0. The maximum absolute atomic E-state index is 5.97. The van der Waals surface area contributed by atoms with Gasteiger partial charge in [-0.1, -0.05) is 13.8 Å². The average molecular weight is 171 g/mol. The highest BCUT2D eigenvalue weighted by Crippen LogP contribution is 2.15. The first-order valence-electron chi connectivity index (χ1n) is 2.88. The van der Waals surface area contributed by atoms with Crippen LogP contribution in [0.25, 0.3) is 0 Å². The van der Waals surface area contributed by atoms with E-state index in [-0.39, 0.29) is 0 Å². The van der Waals surface area contributed by atoms with Crippen molar-refractivity contribution in [2.24, 2.45) is 0 Å². The first-order valence-corrected chi connectivity index (χ1v) is 6.65. The molecule has 0 N–H and O–H groups in total. The number of hydrogen-bond acceptors (Lipinski definition) is 0. The molecule has 50 valence electrons. The van der Waals surface area contributed by atoms with Crippen LogP contribution in [0.15, 0.2) is 0 Å². The number of alkyl halides is 1. The molecule has 0 spiro atoms. The molecule has 0 nitrogen and oxygen atoms in total. The zero-order valence-electron chi connectivity index (χ0n) is 5.32. The van der Waals surface area contributed by atoms with Crippen molar-refractivity contribution in [3.05, 3.63) is 0 Å². The van der Waals surface area contributed by atoms with Gasteiger partial charge in [0.1, 0.15) is 8.11 Å². The van der Waals surface area contributed by atoms with E-state index in [0.29, 0.717) is 5.54 Å². The zero-order chi connectivity index (χ0) is 6.57. The maximum atomic E-state index is 5.97. The van der Waals surface area contributed by atoms with Crippen LogP contribution in [0.2, 0.25) is 11.6 Å². The molecule has 1 atom stereocenters. The molecule has 1 unspecified atom stereocenters. The third-order valence-corrected chi connectivity index (χ3v) is 6.15. The summed E-state index contributed by atoms with van der Waals surface area (Å²) in [6.45, 7) is 4.33. The molecule has 0 aliphatic carbocycles. The fourth-order valence-corrected chi connectivity index (χ4v) is 2.68. The van der Waals surface area contributed by atoms with E-state index < -0.39 is 8.11 Å². The Morgan fingerprint density at radius 3 is 2.12 bits per heavy atom. The summed E-state index contributed by atoms with van der Waals surface area (Å²) in [5.41, 5.74) is 0.690. The van der Waals surface area contributed by atoms with Crippen molar-refractivity contribution >= 4 is 30.8 Å². The molecule has 0 saturated heterocycles. The van der Waals surface area contributed by atoms with E-state index in [1.807, 2.05) is 0 Å². The van der Waals surface area contributed by atoms with Gasteiger partial charge in [0.05, 0.1) is 0 Å². The zero-order valence-corrected chi connectivity index (χ0v) is 7.99. The lowest BCUT2D eigenvalue weighted by atomic mass is 10.6. The summed E-state index contributed by atoms with van der Waals surface area (Å²) in [6.07, 6.45) is 0. The standard InChI is InChI=1S/C5H12Cl2Si/c1-5(2)8(7)4-3-6/h5,8H,3-4H2,1-2H3. The van der Waals surface area contributed by atoms with E-state index in [1.165, 1.54) is 0 Å². The van der Waals surface area contributed by atoms with Crippen LogP contribution >= 0.6 is 22.7 Å². The number of halogens is 2. The van der Waals surface area contributed by atoms with Gasteiger partial charge in [-0.25, -0.2) is 0 Å². The van der Waals surface area contributed by atoms with Gasteiger partial charge in [-0.2, -0.15) is 11.1 Å². The largest absolute Gasteiger partial charge is 0.171 e. The van der Waals surface area contributed by atoms with Gasteiger partial charge in [0.2, 0.25) is 0 Å². The summed E-state index contributed by atoms with van der Waals surface area (Å²) < 4.78 is 0. The molecule has 3 heteroatoms. The molecule has 0 aromatic heterocycles. The van der Waals surface area contributed by atoms with Crippen LogP contribution < -0.4 is 0 Å². The lowest BCUT2D eigenvalue weighted by Crippen LogP contribution is -2.07. The molecule has 0 heterocycles. The van der Waals surface area contributed by atoms with Gasteiger partial charge in [0, 0.05) is 5.88 Å². The van der Waals surface area contributed by atoms with Gasteiger partial charge < -0.3 is 0 Å². The minimum Gasteiger partial charge on any atom is -0.171 e. The third-order valence-electron chi connectivity index (χ3n) is 1.11. The van der Waals surface area contributed by atoms with Crippen LogP contribution in [-0.4, -0.2) is 14.0 Å². The van der Waals surface area contributed by atoms with E-state index in [4.69, 9.17) is 22.7 Å². The second-order valence-corrected chi connectivity index (χ2v) is 7.24. The summed E-state index contributed by atoms with van der Waals surface area (Å²) in [6, 6.07) is 1.06. The smallest absolute Gasteiger partial charge is 0.144 e. The summed E-state index contributed by atoms with van der Waals surface area (Å²) >= 11 is 11.5. The van der Waals surface area contributed by atoms with Crippen LogP contribution in [0, 0.1) is 0 Å². The van der Waals surface area contributed by atoms with Gasteiger partial charge in [-0.15, -0.1) is 11.6 Å². The fraction of sp³-hybridized carbons (Fsp3) is 1.00. The Kier molecular flexibility index (Phi) is 5.12. The summed E-state index contributed by atoms with van der Waals surface area (Å²) in [5, 5.41) is 0. The van der Waals surface area contributed by atoms with Crippen molar-refractivity contribution in [2.45, 2.75) is 25.4 Å². The van der Waals surface area contributed by atoms with Gasteiger partial charge in [0.25, 0.3) is 0 Å². The Hall–Kier alpha value is 0.797. The van der Waals surface area contributed by atoms with E-state index in [0.717, 1.165) is 11.9 Å². The molecule has 8 heavy (non-hydrogen) atoms. The van der Waals surface area contributed by atoms with Crippen molar-refractivity contribution in [3.8, 4) is 0 Å². The fourth-order valence-electron chi connectivity index (χ4n) is 0.438. The second kappa shape index (κ2) is 4.65. The molecule has 0 rings (SSSR count). The van der Waals surface area contributed by atoms with Crippen molar-refractivity contribution < 1.29 is 0 Å². The minimum atomic E-state index is -0.935. The molecule has 0 saturated carbocycles. The second-order valence-electron chi connectivity index (χ2n) is 2.24. The van der Waals surface area contributed by atoms with Crippen molar-refractivity contribution in [1.82, 2.24) is 0 Å². The molecular weight excluding hydrogens is 159 g/mol. The van der Waals surface area contributed by atoms with Crippen LogP contribution in [-0.2, 0) is 0 Å². The maximum Gasteiger partial charge on any atom is 0.144 e. The lowest BCUT2D eigenvalue weighted by molar-refractivity contribution is 1.04. The Labute approximate surface area is 62.5 Å². The van der Waals surface area contributed by atoms with E-state index in [1.54, 1.807) is 0 Å². The van der Waals surface area contributed by atoms with Crippen LogP contribution in [0.1, 0.15) is 13.8 Å². The Bertz CT molecular complexity index is 56.4. The SMILES string of the molecule is CC(C)[SiH](Cl)CCCl. The summed E-state index contributed by atoms with van der Waals surface area (Å²) in [4.78, 5) is 0. The van der Waals surface area contributed by atoms with Crippen LogP contribution in [0.3, 0.4) is 0 Å². The Balaban J connectivity index is 3.17. The Morgan fingerprint density at radius 1 is 1.50 bits per heavy atom. The number of rotatable bonds is 3. The molecule has 0 aromatic rings. The van der Waals surface area contributed by atoms with Gasteiger partial charge >= 0.3 is 0 Å². The molecule has 0 aliphatic rings. The quantitative estimate of drug-likeness (QED) is 0.348. The molecule has 0 amide bonds. The van der Waals surface area contributed by atoms with Gasteiger partial charge in [0.15, 0.2) is 0 Å². The molecule has 0 aliphatic heterocycles. The lowest BCUT2D eigenvalue weighted by Gasteiger charge is -2.07. The first-order chi connectivity index (χ1) is 3.68. The van der Waals surface area contributed by atoms with Gasteiger partial charge in [-0.3, -0.25) is 0 Å². The predicted molar refractivity (Wildman–Crippen MR) is 43.6 cm³/mol. The van der Waals surface area contributed by atoms with E-state index >= 15 is 0 Å². The third kappa shape index (κ3) is 3.76. The minimum absolute atomic E-state index is 0.690. The highest BCUT2D eigenvalue weighted by Gasteiger charge is 2.09. The van der Waals surface area contributed by atoms with Crippen LogP contribution in [0.5, 0.6) is 0 Å². The van der Waals surface area contributed by atoms with E-state index in [9.17, 15) is 0 Å².